The number of rotatable bonds is 4. The molecule has 0 saturated carbocycles. The summed E-state index contributed by atoms with van der Waals surface area (Å²) in [5, 5.41) is 2.72. The second kappa shape index (κ2) is 6.34. The van der Waals surface area contributed by atoms with E-state index in [4.69, 9.17) is 0 Å². The van der Waals surface area contributed by atoms with Crippen LogP contribution in [0.3, 0.4) is 0 Å². The minimum Gasteiger partial charge on any atom is -0.378 e. The summed E-state index contributed by atoms with van der Waals surface area (Å²) in [6.45, 7) is 0.0731. The van der Waals surface area contributed by atoms with Gasteiger partial charge < -0.3 is 9.72 Å². The van der Waals surface area contributed by atoms with E-state index in [2.05, 4.69) is 26.2 Å². The van der Waals surface area contributed by atoms with E-state index in [1.165, 1.54) is 18.2 Å². The van der Waals surface area contributed by atoms with Crippen LogP contribution in [-0.4, -0.2) is 23.3 Å². The molecule has 0 amide bonds. The van der Waals surface area contributed by atoms with Crippen LogP contribution in [0.4, 0.5) is 18.9 Å². The zero-order valence-electron chi connectivity index (χ0n) is 12.5. The van der Waals surface area contributed by atoms with Gasteiger partial charge in [0.05, 0.1) is 22.8 Å². The maximum atomic E-state index is 12.8. The van der Waals surface area contributed by atoms with Gasteiger partial charge in [-0.25, -0.2) is 13.4 Å². The molecule has 1 aromatic carbocycles. The fourth-order valence-corrected chi connectivity index (χ4v) is 3.55. The van der Waals surface area contributed by atoms with Crippen molar-refractivity contribution in [2.45, 2.75) is 16.9 Å². The predicted molar refractivity (Wildman–Crippen MR) is 89.9 cm³/mol. The fourth-order valence-electron chi connectivity index (χ4n) is 2.26. The SMILES string of the molecule is O=S(=O)(c1ccccc1NCc1cn2cc(Br)ccc2n1)C(F)(F)F. The molecule has 25 heavy (non-hydrogen) atoms. The molecule has 0 bridgehead atoms. The average molecular weight is 434 g/mol. The highest BCUT2D eigenvalue weighted by Gasteiger charge is 2.47. The summed E-state index contributed by atoms with van der Waals surface area (Å²) >= 11 is 3.33. The van der Waals surface area contributed by atoms with E-state index in [0.29, 0.717) is 11.3 Å². The van der Waals surface area contributed by atoms with Crippen LogP contribution in [0.2, 0.25) is 0 Å². The first-order chi connectivity index (χ1) is 11.7. The predicted octanol–water partition coefficient (Wildman–Crippen LogP) is 4.00. The normalized spacial score (nSPS) is 12.5. The van der Waals surface area contributed by atoms with Crippen molar-refractivity contribution in [3.63, 3.8) is 0 Å². The van der Waals surface area contributed by atoms with E-state index in [1.54, 1.807) is 22.9 Å². The number of sulfone groups is 1. The molecule has 0 unspecified atom stereocenters. The van der Waals surface area contributed by atoms with Crippen molar-refractivity contribution in [2.24, 2.45) is 0 Å². The van der Waals surface area contributed by atoms with Gasteiger partial charge in [0, 0.05) is 16.9 Å². The molecule has 10 heteroatoms. The Morgan fingerprint density at radius 2 is 1.84 bits per heavy atom. The van der Waals surface area contributed by atoms with Crippen LogP contribution >= 0.6 is 15.9 Å². The Morgan fingerprint density at radius 1 is 1.12 bits per heavy atom. The Hall–Kier alpha value is -2.07. The minimum absolute atomic E-state index is 0.0731. The lowest BCUT2D eigenvalue weighted by atomic mass is 10.3. The van der Waals surface area contributed by atoms with Gasteiger partial charge in [0.25, 0.3) is 9.84 Å². The molecule has 5 nitrogen and oxygen atoms in total. The molecular weight excluding hydrogens is 423 g/mol. The molecule has 0 atom stereocenters. The van der Waals surface area contributed by atoms with E-state index in [-0.39, 0.29) is 12.2 Å². The molecule has 3 aromatic rings. The number of aromatic nitrogens is 2. The van der Waals surface area contributed by atoms with Crippen molar-refractivity contribution in [1.82, 2.24) is 9.38 Å². The number of anilines is 1. The number of benzene rings is 1. The van der Waals surface area contributed by atoms with Crippen molar-refractivity contribution in [2.75, 3.05) is 5.32 Å². The number of nitrogens with one attached hydrogen (secondary N) is 1. The van der Waals surface area contributed by atoms with Crippen molar-refractivity contribution < 1.29 is 21.6 Å². The molecule has 0 aliphatic heterocycles. The van der Waals surface area contributed by atoms with Crippen LogP contribution in [0.5, 0.6) is 0 Å². The zero-order chi connectivity index (χ0) is 18.2. The summed E-state index contributed by atoms with van der Waals surface area (Å²) in [6.07, 6.45) is 3.49. The van der Waals surface area contributed by atoms with Gasteiger partial charge >= 0.3 is 5.51 Å². The van der Waals surface area contributed by atoms with Crippen LogP contribution in [0.25, 0.3) is 5.65 Å². The van der Waals surface area contributed by atoms with Crippen molar-refractivity contribution in [3.05, 3.63) is 59.0 Å². The number of hydrogen-bond acceptors (Lipinski definition) is 4. The standard InChI is InChI=1S/C15H11BrF3N3O2S/c16-10-5-6-14-21-11(9-22(14)8-10)7-20-12-3-1-2-4-13(12)25(23,24)15(17,18)19/h1-6,8-9,20H,7H2. The van der Waals surface area contributed by atoms with Gasteiger partial charge in [0.2, 0.25) is 0 Å². The maximum absolute atomic E-state index is 12.8. The number of para-hydroxylation sites is 1. The Morgan fingerprint density at radius 3 is 2.56 bits per heavy atom. The van der Waals surface area contributed by atoms with Gasteiger partial charge in [-0.1, -0.05) is 12.1 Å². The highest BCUT2D eigenvalue weighted by molar-refractivity contribution is 9.10. The van der Waals surface area contributed by atoms with E-state index in [9.17, 15) is 21.6 Å². The van der Waals surface area contributed by atoms with Crippen LogP contribution in [0.15, 0.2) is 58.2 Å². The monoisotopic (exact) mass is 433 g/mol. The van der Waals surface area contributed by atoms with Crippen LogP contribution in [0.1, 0.15) is 5.69 Å². The minimum atomic E-state index is -5.44. The van der Waals surface area contributed by atoms with Gasteiger partial charge in [0.1, 0.15) is 5.65 Å². The van der Waals surface area contributed by atoms with Gasteiger partial charge in [-0.3, -0.25) is 0 Å². The maximum Gasteiger partial charge on any atom is 0.501 e. The molecule has 3 rings (SSSR count). The Bertz CT molecular complexity index is 1030. The number of fused-ring (bicyclic) bond motifs is 1. The number of alkyl halides is 3. The third-order valence-corrected chi connectivity index (χ3v) is 5.42. The molecule has 0 aliphatic carbocycles. The first-order valence-electron chi connectivity index (χ1n) is 6.96. The smallest absolute Gasteiger partial charge is 0.378 e. The highest BCUT2D eigenvalue weighted by atomic mass is 79.9. The van der Waals surface area contributed by atoms with Gasteiger partial charge in [-0.05, 0) is 40.2 Å². The van der Waals surface area contributed by atoms with E-state index in [0.717, 1.165) is 10.5 Å². The molecule has 1 N–H and O–H groups in total. The highest BCUT2D eigenvalue weighted by Crippen LogP contribution is 2.34. The Labute approximate surface area is 149 Å². The molecule has 0 fully saturated rings. The number of halogens is 4. The lowest BCUT2D eigenvalue weighted by Crippen LogP contribution is -2.24. The van der Waals surface area contributed by atoms with Gasteiger partial charge in [-0.2, -0.15) is 13.2 Å². The third-order valence-electron chi connectivity index (χ3n) is 3.41. The van der Waals surface area contributed by atoms with E-state index >= 15 is 0 Å². The lowest BCUT2D eigenvalue weighted by molar-refractivity contribution is -0.0435. The topological polar surface area (TPSA) is 63.5 Å². The van der Waals surface area contributed by atoms with Crippen molar-refractivity contribution in [3.8, 4) is 0 Å². The largest absolute Gasteiger partial charge is 0.501 e. The summed E-state index contributed by atoms with van der Waals surface area (Å²) in [4.78, 5) is 3.51. The van der Waals surface area contributed by atoms with Crippen LogP contribution in [0, 0.1) is 0 Å². The first-order valence-corrected chi connectivity index (χ1v) is 9.23. The van der Waals surface area contributed by atoms with E-state index in [1.807, 2.05) is 6.07 Å². The molecule has 132 valence electrons. The molecule has 2 heterocycles. The quantitative estimate of drug-likeness (QED) is 0.675. The van der Waals surface area contributed by atoms with Crippen LogP contribution in [-0.2, 0) is 16.4 Å². The number of pyridine rings is 1. The van der Waals surface area contributed by atoms with Crippen molar-refractivity contribution in [1.29, 1.82) is 0 Å². The second-order valence-corrected chi connectivity index (χ2v) is 7.97. The molecular formula is C15H11BrF3N3O2S. The molecule has 2 aromatic heterocycles. The average Bonchev–Trinajstić information content (AvgIpc) is 2.94. The lowest BCUT2D eigenvalue weighted by Gasteiger charge is -2.13. The van der Waals surface area contributed by atoms with E-state index < -0.39 is 20.2 Å². The summed E-state index contributed by atoms with van der Waals surface area (Å²) < 4.78 is 64.4. The molecule has 0 spiro atoms. The fraction of sp³-hybridized carbons (Fsp3) is 0.133. The third kappa shape index (κ3) is 3.49. The summed E-state index contributed by atoms with van der Waals surface area (Å²) in [7, 11) is -5.44. The summed E-state index contributed by atoms with van der Waals surface area (Å²) in [6, 6.07) is 8.49. The van der Waals surface area contributed by atoms with Gasteiger partial charge in [-0.15, -0.1) is 0 Å². The Balaban J connectivity index is 1.88. The van der Waals surface area contributed by atoms with Gasteiger partial charge in [0.15, 0.2) is 0 Å². The molecule has 0 saturated heterocycles. The first kappa shape index (κ1) is 17.7. The van der Waals surface area contributed by atoms with Crippen LogP contribution < -0.4 is 5.32 Å². The summed E-state index contributed by atoms with van der Waals surface area (Å²) in [5.74, 6) is 0. The molecule has 0 aliphatic rings. The zero-order valence-corrected chi connectivity index (χ0v) is 14.9. The number of imidazole rings is 1. The number of nitrogens with zero attached hydrogens (tertiary/aromatic N) is 2. The Kier molecular flexibility index (Phi) is 4.50. The summed E-state index contributed by atoms with van der Waals surface area (Å²) in [5.41, 5.74) is -4.27. The molecule has 0 radical (unpaired) electrons. The second-order valence-electron chi connectivity index (χ2n) is 5.14. The number of hydrogen-bond donors (Lipinski definition) is 1. The van der Waals surface area contributed by atoms with Crippen molar-refractivity contribution >= 4 is 37.1 Å².